The van der Waals surface area contributed by atoms with E-state index >= 15 is 0 Å². The van der Waals surface area contributed by atoms with E-state index < -0.39 is 17.2 Å². The van der Waals surface area contributed by atoms with Crippen LogP contribution in [0.3, 0.4) is 0 Å². The zero-order valence-electron chi connectivity index (χ0n) is 11.7. The fourth-order valence-corrected chi connectivity index (χ4v) is 1.49. The molecule has 1 rings (SSSR count). The summed E-state index contributed by atoms with van der Waals surface area (Å²) >= 11 is 0. The van der Waals surface area contributed by atoms with Gasteiger partial charge in [-0.3, -0.25) is 4.68 Å². The highest BCUT2D eigenvalue weighted by Crippen LogP contribution is 2.11. The Morgan fingerprint density at radius 2 is 2.06 bits per heavy atom. The van der Waals surface area contributed by atoms with Crippen LogP contribution in [0.1, 0.15) is 34.6 Å². The number of ether oxygens (including phenoxy) is 1. The lowest BCUT2D eigenvalue weighted by Gasteiger charge is -2.28. The minimum absolute atomic E-state index is 0.437. The van der Waals surface area contributed by atoms with Crippen LogP contribution < -0.4 is 11.1 Å². The zero-order valence-corrected chi connectivity index (χ0v) is 11.7. The van der Waals surface area contributed by atoms with Crippen LogP contribution in [0.5, 0.6) is 0 Å². The number of carbonyl (C=O) groups is 1. The highest BCUT2D eigenvalue weighted by molar-refractivity contribution is 5.68. The second kappa shape index (κ2) is 4.88. The SMILES string of the molecule is CC(C)(Cn1cc(N)cn1)NC(=O)OC(C)(C)C. The van der Waals surface area contributed by atoms with Crippen molar-refractivity contribution in [2.24, 2.45) is 0 Å². The summed E-state index contributed by atoms with van der Waals surface area (Å²) in [5.41, 5.74) is 5.21. The molecule has 102 valence electrons. The average molecular weight is 254 g/mol. The van der Waals surface area contributed by atoms with Crippen LogP contribution in [0.4, 0.5) is 10.5 Å². The summed E-state index contributed by atoms with van der Waals surface area (Å²) in [6.07, 6.45) is 2.86. The van der Waals surface area contributed by atoms with Gasteiger partial charge in [0.2, 0.25) is 0 Å². The van der Waals surface area contributed by atoms with Gasteiger partial charge in [-0.05, 0) is 34.6 Å². The first-order valence-corrected chi connectivity index (χ1v) is 5.86. The topological polar surface area (TPSA) is 82.2 Å². The van der Waals surface area contributed by atoms with Crippen LogP contribution in [0.15, 0.2) is 12.4 Å². The van der Waals surface area contributed by atoms with E-state index in [0.29, 0.717) is 12.2 Å². The Hall–Kier alpha value is -1.72. The van der Waals surface area contributed by atoms with Crippen molar-refractivity contribution in [2.45, 2.75) is 52.3 Å². The number of rotatable bonds is 3. The standard InChI is InChI=1S/C12H22N4O2/c1-11(2,3)18-10(17)15-12(4,5)8-16-7-9(13)6-14-16/h6-7H,8,13H2,1-5H3,(H,15,17). The summed E-state index contributed by atoms with van der Waals surface area (Å²) in [4.78, 5) is 11.7. The molecule has 0 saturated carbocycles. The summed E-state index contributed by atoms with van der Waals surface area (Å²) < 4.78 is 6.90. The Morgan fingerprint density at radius 3 is 2.50 bits per heavy atom. The van der Waals surface area contributed by atoms with E-state index in [1.807, 2.05) is 34.6 Å². The predicted octanol–water partition coefficient (Wildman–Crippen LogP) is 1.77. The Morgan fingerprint density at radius 1 is 1.44 bits per heavy atom. The van der Waals surface area contributed by atoms with E-state index in [1.54, 1.807) is 17.1 Å². The maximum Gasteiger partial charge on any atom is 0.408 e. The molecule has 0 radical (unpaired) electrons. The molecule has 6 heteroatoms. The second-order valence-corrected chi connectivity index (χ2v) is 5.98. The molecule has 0 saturated heterocycles. The molecular weight excluding hydrogens is 232 g/mol. The van der Waals surface area contributed by atoms with Crippen molar-refractivity contribution >= 4 is 11.8 Å². The molecule has 6 nitrogen and oxygen atoms in total. The number of carbonyl (C=O) groups excluding carboxylic acids is 1. The highest BCUT2D eigenvalue weighted by atomic mass is 16.6. The van der Waals surface area contributed by atoms with Gasteiger partial charge in [-0.2, -0.15) is 5.10 Å². The number of nitrogens with zero attached hydrogens (tertiary/aromatic N) is 2. The van der Waals surface area contributed by atoms with E-state index in [-0.39, 0.29) is 0 Å². The Kier molecular flexibility index (Phi) is 3.88. The van der Waals surface area contributed by atoms with Crippen molar-refractivity contribution in [3.8, 4) is 0 Å². The number of amides is 1. The van der Waals surface area contributed by atoms with Gasteiger partial charge in [0, 0.05) is 6.20 Å². The molecule has 3 N–H and O–H groups in total. The molecule has 1 heterocycles. The quantitative estimate of drug-likeness (QED) is 0.861. The normalized spacial score (nSPS) is 12.3. The number of nitrogens with one attached hydrogen (secondary N) is 1. The van der Waals surface area contributed by atoms with E-state index in [4.69, 9.17) is 10.5 Å². The van der Waals surface area contributed by atoms with Crippen molar-refractivity contribution in [2.75, 3.05) is 5.73 Å². The molecule has 1 aromatic heterocycles. The fourth-order valence-electron chi connectivity index (χ4n) is 1.49. The van der Waals surface area contributed by atoms with E-state index in [9.17, 15) is 4.79 Å². The minimum atomic E-state index is -0.504. The highest BCUT2D eigenvalue weighted by Gasteiger charge is 2.25. The first-order valence-electron chi connectivity index (χ1n) is 5.86. The minimum Gasteiger partial charge on any atom is -0.444 e. The van der Waals surface area contributed by atoms with E-state index in [0.717, 1.165) is 0 Å². The number of anilines is 1. The molecule has 18 heavy (non-hydrogen) atoms. The molecule has 1 aromatic rings. The molecule has 0 bridgehead atoms. The van der Waals surface area contributed by atoms with Crippen molar-refractivity contribution in [3.05, 3.63) is 12.4 Å². The van der Waals surface area contributed by atoms with Crippen LogP contribution in [0.25, 0.3) is 0 Å². The van der Waals surface area contributed by atoms with Crippen molar-refractivity contribution in [1.29, 1.82) is 0 Å². The molecule has 0 atom stereocenters. The van der Waals surface area contributed by atoms with Gasteiger partial charge in [0.1, 0.15) is 5.60 Å². The number of alkyl carbamates (subject to hydrolysis) is 1. The van der Waals surface area contributed by atoms with Crippen molar-refractivity contribution in [1.82, 2.24) is 15.1 Å². The van der Waals surface area contributed by atoms with Crippen LogP contribution in [0, 0.1) is 0 Å². The molecule has 1 amide bonds. The average Bonchev–Trinajstić information content (AvgIpc) is 2.44. The summed E-state index contributed by atoms with van der Waals surface area (Å²) in [5, 5.41) is 6.89. The predicted molar refractivity (Wildman–Crippen MR) is 70.1 cm³/mol. The number of hydrogen-bond donors (Lipinski definition) is 2. The lowest BCUT2D eigenvalue weighted by Crippen LogP contribution is -2.48. The smallest absolute Gasteiger partial charge is 0.408 e. The molecule has 0 fully saturated rings. The molecule has 0 spiro atoms. The summed E-state index contributed by atoms with van der Waals surface area (Å²) in [7, 11) is 0. The molecule has 0 aromatic carbocycles. The first kappa shape index (κ1) is 14.3. The third kappa shape index (κ3) is 5.07. The van der Waals surface area contributed by atoms with Gasteiger partial charge < -0.3 is 15.8 Å². The lowest BCUT2D eigenvalue weighted by atomic mass is 10.1. The zero-order chi connectivity index (χ0) is 14.0. The molecule has 0 unspecified atom stereocenters. The molecule has 0 aliphatic heterocycles. The Labute approximate surface area is 107 Å². The van der Waals surface area contributed by atoms with E-state index in [1.165, 1.54) is 0 Å². The summed E-state index contributed by atoms with van der Waals surface area (Å²) in [5.74, 6) is 0. The van der Waals surface area contributed by atoms with Gasteiger partial charge in [0.05, 0.1) is 24.0 Å². The number of nitrogen functional groups attached to an aromatic ring is 1. The van der Waals surface area contributed by atoms with Crippen LogP contribution in [-0.4, -0.2) is 27.0 Å². The van der Waals surface area contributed by atoms with Crippen molar-refractivity contribution < 1.29 is 9.53 Å². The maximum atomic E-state index is 11.7. The van der Waals surface area contributed by atoms with Gasteiger partial charge in [0.25, 0.3) is 0 Å². The lowest BCUT2D eigenvalue weighted by molar-refractivity contribution is 0.0462. The van der Waals surface area contributed by atoms with Crippen LogP contribution in [0.2, 0.25) is 0 Å². The van der Waals surface area contributed by atoms with Gasteiger partial charge in [-0.25, -0.2) is 4.79 Å². The van der Waals surface area contributed by atoms with Gasteiger partial charge in [0.15, 0.2) is 0 Å². The van der Waals surface area contributed by atoms with Crippen molar-refractivity contribution in [3.63, 3.8) is 0 Å². The Balaban J connectivity index is 2.56. The molecular formula is C12H22N4O2. The summed E-state index contributed by atoms with van der Waals surface area (Å²) in [6, 6.07) is 0. The van der Waals surface area contributed by atoms with Gasteiger partial charge >= 0.3 is 6.09 Å². The van der Waals surface area contributed by atoms with Gasteiger partial charge in [-0.1, -0.05) is 0 Å². The number of hydrogen-bond acceptors (Lipinski definition) is 4. The third-order valence-electron chi connectivity index (χ3n) is 2.05. The largest absolute Gasteiger partial charge is 0.444 e. The summed E-state index contributed by atoms with van der Waals surface area (Å²) in [6.45, 7) is 9.79. The first-order chi connectivity index (χ1) is 8.07. The second-order valence-electron chi connectivity index (χ2n) is 5.98. The molecule has 0 aliphatic rings. The Bertz CT molecular complexity index is 418. The van der Waals surface area contributed by atoms with Crippen LogP contribution >= 0.6 is 0 Å². The maximum absolute atomic E-state index is 11.7. The fraction of sp³-hybridized carbons (Fsp3) is 0.667. The van der Waals surface area contributed by atoms with E-state index in [2.05, 4.69) is 10.4 Å². The number of aromatic nitrogens is 2. The third-order valence-corrected chi connectivity index (χ3v) is 2.05. The monoisotopic (exact) mass is 254 g/mol. The van der Waals surface area contributed by atoms with Crippen LogP contribution in [-0.2, 0) is 11.3 Å². The molecule has 0 aliphatic carbocycles. The number of nitrogens with two attached hydrogens (primary N) is 1. The van der Waals surface area contributed by atoms with Gasteiger partial charge in [-0.15, -0.1) is 0 Å².